The minimum atomic E-state index is 0.921. The molecule has 0 spiro atoms. The molecule has 124 valence electrons. The van der Waals surface area contributed by atoms with Crippen molar-refractivity contribution in [3.63, 3.8) is 0 Å². The Bertz CT molecular complexity index is 325. The second kappa shape index (κ2) is 10.1. The summed E-state index contributed by atoms with van der Waals surface area (Å²) < 4.78 is 0. The summed E-state index contributed by atoms with van der Waals surface area (Å²) in [5.74, 6) is 1.84. The van der Waals surface area contributed by atoms with E-state index in [1.807, 2.05) is 11.1 Å². The predicted molar refractivity (Wildman–Crippen MR) is 99.0 cm³/mol. The molecule has 0 heteroatoms. The monoisotopic (exact) mass is 300 g/mol. The Morgan fingerprint density at radius 2 is 1.05 bits per heavy atom. The zero-order valence-corrected chi connectivity index (χ0v) is 14.6. The van der Waals surface area contributed by atoms with E-state index in [1.165, 1.54) is 89.9 Å². The lowest BCUT2D eigenvalue weighted by Gasteiger charge is -2.25. The van der Waals surface area contributed by atoms with Crippen LogP contribution in [0.4, 0.5) is 0 Å². The van der Waals surface area contributed by atoms with Crippen LogP contribution in [0.25, 0.3) is 0 Å². The fourth-order valence-electron chi connectivity index (χ4n) is 4.68. The lowest BCUT2D eigenvalue weighted by molar-refractivity contribution is 0.531. The van der Waals surface area contributed by atoms with Crippen molar-refractivity contribution in [2.75, 3.05) is 0 Å². The van der Waals surface area contributed by atoms with E-state index in [2.05, 4.69) is 25.3 Å². The first kappa shape index (κ1) is 17.6. The highest BCUT2D eigenvalue weighted by atomic mass is 14.3. The number of hydrogen-bond donors (Lipinski definition) is 0. The Kier molecular flexibility index (Phi) is 8.05. The molecule has 0 radical (unpaired) electrons. The molecule has 0 amide bonds. The summed E-state index contributed by atoms with van der Waals surface area (Å²) in [7, 11) is 0. The Morgan fingerprint density at radius 3 is 1.36 bits per heavy atom. The number of rotatable bonds is 10. The molecule has 2 rings (SSSR count). The molecule has 0 saturated heterocycles. The van der Waals surface area contributed by atoms with Crippen molar-refractivity contribution in [3.05, 3.63) is 36.5 Å². The van der Waals surface area contributed by atoms with Crippen molar-refractivity contribution in [2.24, 2.45) is 11.8 Å². The minimum Gasteiger partial charge on any atom is -0.103 e. The maximum absolute atomic E-state index is 3.91. The molecule has 2 aliphatic rings. The van der Waals surface area contributed by atoms with Gasteiger partial charge in [0.1, 0.15) is 0 Å². The molecule has 0 aromatic rings. The van der Waals surface area contributed by atoms with Gasteiger partial charge < -0.3 is 0 Å². The SMILES string of the molecule is C=CCCC/C(=C(\CCCC=C)C1CCCC1)C1CCCC1. The van der Waals surface area contributed by atoms with Crippen LogP contribution in [0.15, 0.2) is 36.5 Å². The average Bonchev–Trinajstić information content (AvgIpc) is 3.22. The second-order valence-electron chi connectivity index (χ2n) is 7.38. The maximum Gasteiger partial charge on any atom is -0.0200 e. The van der Waals surface area contributed by atoms with E-state index in [-0.39, 0.29) is 0 Å². The van der Waals surface area contributed by atoms with E-state index in [0.29, 0.717) is 0 Å². The first-order chi connectivity index (χ1) is 10.9. The van der Waals surface area contributed by atoms with Gasteiger partial charge in [-0.25, -0.2) is 0 Å². The van der Waals surface area contributed by atoms with Gasteiger partial charge in [-0.2, -0.15) is 0 Å². The van der Waals surface area contributed by atoms with Gasteiger partial charge in [0, 0.05) is 0 Å². The highest BCUT2D eigenvalue weighted by Crippen LogP contribution is 2.42. The molecule has 0 unspecified atom stereocenters. The first-order valence-corrected chi connectivity index (χ1v) is 9.80. The van der Waals surface area contributed by atoms with E-state index >= 15 is 0 Å². The summed E-state index contributed by atoms with van der Waals surface area (Å²) in [5, 5.41) is 0. The van der Waals surface area contributed by atoms with E-state index < -0.39 is 0 Å². The summed E-state index contributed by atoms with van der Waals surface area (Å²) in [4.78, 5) is 0. The average molecular weight is 301 g/mol. The summed E-state index contributed by atoms with van der Waals surface area (Å²) in [5.41, 5.74) is 3.80. The van der Waals surface area contributed by atoms with Crippen molar-refractivity contribution in [3.8, 4) is 0 Å². The first-order valence-electron chi connectivity index (χ1n) is 9.80. The number of hydrogen-bond acceptors (Lipinski definition) is 0. The van der Waals surface area contributed by atoms with Gasteiger partial charge in [-0.1, -0.05) is 49.0 Å². The smallest absolute Gasteiger partial charge is 0.0200 e. The van der Waals surface area contributed by atoms with Crippen LogP contribution in [0.1, 0.15) is 89.9 Å². The molecular formula is C22H36. The van der Waals surface area contributed by atoms with E-state index in [1.54, 1.807) is 0 Å². The summed E-state index contributed by atoms with van der Waals surface area (Å²) in [6, 6.07) is 0. The van der Waals surface area contributed by atoms with E-state index in [9.17, 15) is 0 Å². The highest BCUT2D eigenvalue weighted by molar-refractivity contribution is 5.22. The highest BCUT2D eigenvalue weighted by Gasteiger charge is 2.27. The molecule has 0 aliphatic heterocycles. The van der Waals surface area contributed by atoms with Crippen LogP contribution in [0.3, 0.4) is 0 Å². The van der Waals surface area contributed by atoms with Crippen molar-refractivity contribution in [1.29, 1.82) is 0 Å². The molecule has 0 aromatic carbocycles. The lowest BCUT2D eigenvalue weighted by Crippen LogP contribution is -2.10. The number of allylic oxidation sites excluding steroid dienone is 4. The van der Waals surface area contributed by atoms with Gasteiger partial charge >= 0.3 is 0 Å². The maximum atomic E-state index is 3.91. The third-order valence-corrected chi connectivity index (χ3v) is 5.82. The van der Waals surface area contributed by atoms with Crippen molar-refractivity contribution >= 4 is 0 Å². The molecule has 22 heavy (non-hydrogen) atoms. The zero-order valence-electron chi connectivity index (χ0n) is 14.6. The summed E-state index contributed by atoms with van der Waals surface area (Å²) >= 11 is 0. The summed E-state index contributed by atoms with van der Waals surface area (Å²) in [6.45, 7) is 7.82. The van der Waals surface area contributed by atoms with Gasteiger partial charge in [0.05, 0.1) is 0 Å². The second-order valence-corrected chi connectivity index (χ2v) is 7.38. The molecule has 0 heterocycles. The molecule has 2 saturated carbocycles. The van der Waals surface area contributed by atoms with Gasteiger partial charge in [0.2, 0.25) is 0 Å². The van der Waals surface area contributed by atoms with Crippen molar-refractivity contribution in [2.45, 2.75) is 89.9 Å². The molecule has 2 fully saturated rings. The van der Waals surface area contributed by atoms with E-state index in [4.69, 9.17) is 0 Å². The van der Waals surface area contributed by atoms with Gasteiger partial charge in [0.15, 0.2) is 0 Å². The van der Waals surface area contributed by atoms with Gasteiger partial charge in [-0.15, -0.1) is 13.2 Å². The van der Waals surface area contributed by atoms with Gasteiger partial charge in [0.25, 0.3) is 0 Å². The third-order valence-electron chi connectivity index (χ3n) is 5.82. The topological polar surface area (TPSA) is 0 Å². The van der Waals surface area contributed by atoms with Crippen LogP contribution in [0.2, 0.25) is 0 Å². The number of unbranched alkanes of at least 4 members (excludes halogenated alkanes) is 2. The Hall–Kier alpha value is -0.780. The predicted octanol–water partition coefficient (Wildman–Crippen LogP) is 7.38. The van der Waals surface area contributed by atoms with Gasteiger partial charge in [-0.05, 0) is 76.0 Å². The molecule has 0 N–H and O–H groups in total. The van der Waals surface area contributed by atoms with Crippen LogP contribution >= 0.6 is 0 Å². The standard InChI is InChI=1S/C22H36/c1-3-5-7-17-21(19-13-9-10-14-19)22(18-8-6-4-2)20-15-11-12-16-20/h3-4,19-20H,1-2,5-18H2/b22-21-. The zero-order chi connectivity index (χ0) is 15.6. The van der Waals surface area contributed by atoms with Gasteiger partial charge in [-0.3, -0.25) is 0 Å². The molecule has 0 atom stereocenters. The molecule has 0 aromatic heterocycles. The lowest BCUT2D eigenvalue weighted by atomic mass is 9.81. The van der Waals surface area contributed by atoms with Crippen molar-refractivity contribution in [1.82, 2.24) is 0 Å². The Labute approximate surface area is 138 Å². The van der Waals surface area contributed by atoms with E-state index in [0.717, 1.165) is 11.8 Å². The Balaban J connectivity index is 2.15. The van der Waals surface area contributed by atoms with Crippen LogP contribution < -0.4 is 0 Å². The van der Waals surface area contributed by atoms with Crippen LogP contribution in [0, 0.1) is 11.8 Å². The van der Waals surface area contributed by atoms with Crippen molar-refractivity contribution < 1.29 is 0 Å². The van der Waals surface area contributed by atoms with Crippen LogP contribution in [-0.4, -0.2) is 0 Å². The fourth-order valence-corrected chi connectivity index (χ4v) is 4.68. The molecule has 2 aliphatic carbocycles. The molecule has 0 nitrogen and oxygen atoms in total. The van der Waals surface area contributed by atoms with Crippen LogP contribution in [0.5, 0.6) is 0 Å². The minimum absolute atomic E-state index is 0.921. The quantitative estimate of drug-likeness (QED) is 0.292. The van der Waals surface area contributed by atoms with Crippen LogP contribution in [-0.2, 0) is 0 Å². The largest absolute Gasteiger partial charge is 0.103 e. The fraction of sp³-hybridized carbons (Fsp3) is 0.727. The molecular weight excluding hydrogens is 264 g/mol. The summed E-state index contributed by atoms with van der Waals surface area (Å²) in [6.07, 6.45) is 23.5. The third kappa shape index (κ3) is 5.14. The Morgan fingerprint density at radius 1 is 0.682 bits per heavy atom. The molecule has 0 bridgehead atoms. The normalized spacial score (nSPS) is 21.1.